The molecule has 2 heterocycles. The van der Waals surface area contributed by atoms with Crippen LogP contribution in [0.4, 0.5) is 17.5 Å². The van der Waals surface area contributed by atoms with Gasteiger partial charge in [0.2, 0.25) is 11.9 Å². The van der Waals surface area contributed by atoms with Crippen LogP contribution in [-0.2, 0) is 4.79 Å². The number of nitrogens with zero attached hydrogens (tertiary/aromatic N) is 3. The lowest BCUT2D eigenvalue weighted by molar-refractivity contribution is -0.119. The van der Waals surface area contributed by atoms with Crippen molar-refractivity contribution in [3.8, 4) is 0 Å². The van der Waals surface area contributed by atoms with Gasteiger partial charge < -0.3 is 22.1 Å². The molecule has 0 fully saturated rings. The van der Waals surface area contributed by atoms with Crippen LogP contribution < -0.4 is 22.1 Å². The van der Waals surface area contributed by atoms with E-state index in [-0.39, 0.29) is 23.2 Å². The van der Waals surface area contributed by atoms with E-state index in [0.717, 1.165) is 10.9 Å². The number of carbonyl (C=O) groups is 2. The number of aromatic nitrogens is 3. The number of hydrogen-bond acceptors (Lipinski definition) is 7. The molecule has 1 aromatic carbocycles. The number of fused-ring (bicyclic) bond motifs is 1. The van der Waals surface area contributed by atoms with E-state index in [4.69, 9.17) is 11.5 Å². The van der Waals surface area contributed by atoms with Gasteiger partial charge in [-0.05, 0) is 24.1 Å². The van der Waals surface area contributed by atoms with Gasteiger partial charge in [0.25, 0.3) is 5.91 Å². The van der Waals surface area contributed by atoms with Crippen LogP contribution in [0.2, 0.25) is 0 Å². The van der Waals surface area contributed by atoms with Gasteiger partial charge in [-0.1, -0.05) is 26.0 Å². The normalized spacial score (nSPS) is 12.0. The lowest BCUT2D eigenvalue weighted by Gasteiger charge is -2.19. The molecule has 0 aliphatic rings. The highest BCUT2D eigenvalue weighted by molar-refractivity contribution is 5.98. The quantitative estimate of drug-likeness (QED) is 0.489. The first-order chi connectivity index (χ1) is 13.3. The number of benzene rings is 1. The fraction of sp³-hybridized carbons (Fsp3) is 0.211. The van der Waals surface area contributed by atoms with E-state index in [9.17, 15) is 9.59 Å². The predicted octanol–water partition coefficient (Wildman–Crippen LogP) is 1.79. The number of pyridine rings is 1. The molecule has 2 amide bonds. The summed E-state index contributed by atoms with van der Waals surface area (Å²) in [5, 5.41) is 6.95. The average Bonchev–Trinajstić information content (AvgIpc) is 2.65. The number of nitrogens with one attached hydrogen (secondary N) is 2. The Bertz CT molecular complexity index is 1040. The molecule has 9 heteroatoms. The second-order valence-corrected chi connectivity index (χ2v) is 6.62. The first kappa shape index (κ1) is 19.0. The van der Waals surface area contributed by atoms with Gasteiger partial charge in [0, 0.05) is 23.5 Å². The highest BCUT2D eigenvalue weighted by Gasteiger charge is 2.21. The van der Waals surface area contributed by atoms with Crippen LogP contribution in [0.15, 0.2) is 42.7 Å². The summed E-state index contributed by atoms with van der Waals surface area (Å²) >= 11 is 0. The molecule has 0 saturated heterocycles. The Morgan fingerprint density at radius 1 is 1.11 bits per heavy atom. The summed E-state index contributed by atoms with van der Waals surface area (Å²) in [6.45, 7) is 3.70. The number of amides is 2. The highest BCUT2D eigenvalue weighted by atomic mass is 16.1. The minimum atomic E-state index is -0.678. The van der Waals surface area contributed by atoms with Crippen LogP contribution in [0.5, 0.6) is 0 Å². The molecule has 0 radical (unpaired) electrons. The SMILES string of the molecule is CC(C)[C@@H](Nc1ncc(C(N)=O)c(Nc2ccc3cccnc3c2)n1)C(N)=O. The molecule has 3 aromatic rings. The average molecular weight is 379 g/mol. The third kappa shape index (κ3) is 4.14. The van der Waals surface area contributed by atoms with E-state index >= 15 is 0 Å². The van der Waals surface area contributed by atoms with Crippen LogP contribution in [0, 0.1) is 5.92 Å². The maximum absolute atomic E-state index is 11.8. The Morgan fingerprint density at radius 2 is 1.89 bits per heavy atom. The Kier molecular flexibility index (Phi) is 5.35. The van der Waals surface area contributed by atoms with Crippen LogP contribution in [0.3, 0.4) is 0 Å². The van der Waals surface area contributed by atoms with Crippen molar-refractivity contribution in [1.82, 2.24) is 15.0 Å². The zero-order valence-corrected chi connectivity index (χ0v) is 15.5. The topological polar surface area (TPSA) is 149 Å². The molecule has 0 unspecified atom stereocenters. The first-order valence-electron chi connectivity index (χ1n) is 8.69. The molecule has 144 valence electrons. The van der Waals surface area contributed by atoms with E-state index in [1.807, 2.05) is 44.2 Å². The molecule has 0 spiro atoms. The van der Waals surface area contributed by atoms with Gasteiger partial charge in [-0.2, -0.15) is 4.98 Å². The van der Waals surface area contributed by atoms with E-state index in [1.165, 1.54) is 6.20 Å². The molecule has 2 aromatic heterocycles. The number of anilines is 3. The van der Waals surface area contributed by atoms with Crippen molar-refractivity contribution >= 4 is 40.2 Å². The van der Waals surface area contributed by atoms with Gasteiger partial charge >= 0.3 is 0 Å². The van der Waals surface area contributed by atoms with Gasteiger partial charge in [0.1, 0.15) is 17.4 Å². The fourth-order valence-corrected chi connectivity index (χ4v) is 2.71. The van der Waals surface area contributed by atoms with Crippen LogP contribution in [-0.4, -0.2) is 32.8 Å². The number of hydrogen-bond donors (Lipinski definition) is 4. The largest absolute Gasteiger partial charge is 0.368 e. The molecular weight excluding hydrogens is 358 g/mol. The Balaban J connectivity index is 1.95. The summed E-state index contributed by atoms with van der Waals surface area (Å²) in [6, 6.07) is 8.71. The van der Waals surface area contributed by atoms with Gasteiger partial charge in [-0.3, -0.25) is 14.6 Å². The van der Waals surface area contributed by atoms with Crippen molar-refractivity contribution in [2.24, 2.45) is 17.4 Å². The van der Waals surface area contributed by atoms with Gasteiger partial charge in [0.05, 0.1) is 5.52 Å². The molecule has 0 bridgehead atoms. The van der Waals surface area contributed by atoms with Crippen molar-refractivity contribution in [2.75, 3.05) is 10.6 Å². The van der Waals surface area contributed by atoms with Gasteiger partial charge in [-0.25, -0.2) is 4.98 Å². The maximum atomic E-state index is 11.8. The lowest BCUT2D eigenvalue weighted by atomic mass is 10.0. The van der Waals surface area contributed by atoms with Crippen molar-refractivity contribution < 1.29 is 9.59 Å². The van der Waals surface area contributed by atoms with Crippen molar-refractivity contribution in [2.45, 2.75) is 19.9 Å². The zero-order chi connectivity index (χ0) is 20.3. The van der Waals surface area contributed by atoms with Gasteiger partial charge in [0.15, 0.2) is 0 Å². The predicted molar refractivity (Wildman–Crippen MR) is 107 cm³/mol. The van der Waals surface area contributed by atoms with Crippen molar-refractivity contribution in [1.29, 1.82) is 0 Å². The molecule has 9 nitrogen and oxygen atoms in total. The highest BCUT2D eigenvalue weighted by Crippen LogP contribution is 2.23. The molecule has 3 rings (SSSR count). The minimum absolute atomic E-state index is 0.0695. The standard InChI is InChI=1S/C19H21N7O2/c1-10(2)15(17(21)28)25-19-23-9-13(16(20)27)18(26-19)24-12-6-5-11-4-3-7-22-14(11)8-12/h3-10,15H,1-2H3,(H2,20,27)(H2,21,28)(H2,23,24,25,26)/t15-/m1/s1. The third-order valence-corrected chi connectivity index (χ3v) is 4.18. The van der Waals surface area contributed by atoms with Crippen molar-refractivity contribution in [3.05, 3.63) is 48.3 Å². The van der Waals surface area contributed by atoms with Gasteiger partial charge in [-0.15, -0.1) is 0 Å². The molecule has 0 aliphatic carbocycles. The van der Waals surface area contributed by atoms with Crippen LogP contribution in [0.1, 0.15) is 24.2 Å². The zero-order valence-electron chi connectivity index (χ0n) is 15.5. The number of nitrogens with two attached hydrogens (primary N) is 2. The number of carbonyl (C=O) groups excluding carboxylic acids is 2. The molecule has 0 aliphatic heterocycles. The molecule has 1 atom stereocenters. The summed E-state index contributed by atoms with van der Waals surface area (Å²) in [4.78, 5) is 36.1. The Labute approximate surface area is 161 Å². The second kappa shape index (κ2) is 7.87. The Morgan fingerprint density at radius 3 is 2.57 bits per heavy atom. The smallest absolute Gasteiger partial charge is 0.254 e. The first-order valence-corrected chi connectivity index (χ1v) is 8.69. The molecule has 28 heavy (non-hydrogen) atoms. The Hall–Kier alpha value is -3.75. The summed E-state index contributed by atoms with van der Waals surface area (Å²) in [5.41, 5.74) is 12.4. The fourth-order valence-electron chi connectivity index (χ4n) is 2.71. The van der Waals surface area contributed by atoms with E-state index in [2.05, 4.69) is 25.6 Å². The summed E-state index contributed by atoms with van der Waals surface area (Å²) in [7, 11) is 0. The van der Waals surface area contributed by atoms with Crippen LogP contribution in [0.25, 0.3) is 10.9 Å². The summed E-state index contributed by atoms with van der Waals surface area (Å²) < 4.78 is 0. The lowest BCUT2D eigenvalue weighted by Crippen LogP contribution is -2.40. The molecular formula is C19H21N7O2. The molecule has 6 N–H and O–H groups in total. The van der Waals surface area contributed by atoms with Crippen molar-refractivity contribution in [3.63, 3.8) is 0 Å². The van der Waals surface area contributed by atoms with E-state index in [0.29, 0.717) is 5.69 Å². The van der Waals surface area contributed by atoms with E-state index < -0.39 is 17.9 Å². The van der Waals surface area contributed by atoms with Crippen LogP contribution >= 0.6 is 0 Å². The second-order valence-electron chi connectivity index (χ2n) is 6.62. The van der Waals surface area contributed by atoms with E-state index in [1.54, 1.807) is 6.20 Å². The third-order valence-electron chi connectivity index (χ3n) is 4.18. The minimum Gasteiger partial charge on any atom is -0.368 e. The summed E-state index contributed by atoms with van der Waals surface area (Å²) in [6.07, 6.45) is 3.00. The summed E-state index contributed by atoms with van der Waals surface area (Å²) in [5.74, 6) is -0.896. The number of rotatable bonds is 7. The maximum Gasteiger partial charge on any atom is 0.254 e. The number of primary amides is 2. The monoisotopic (exact) mass is 379 g/mol. The molecule has 0 saturated carbocycles.